The summed E-state index contributed by atoms with van der Waals surface area (Å²) in [6.07, 6.45) is 4.66. The van der Waals surface area contributed by atoms with Crippen LogP contribution in [0, 0.1) is 5.41 Å². The molecule has 0 unspecified atom stereocenters. The van der Waals surface area contributed by atoms with Crippen LogP contribution in [0.3, 0.4) is 0 Å². The van der Waals surface area contributed by atoms with Gasteiger partial charge in [-0.3, -0.25) is 4.79 Å². The number of Topliss-reactive ketones (excluding diaryl/α,β-unsaturated/α-hetero) is 1. The molecule has 0 fully saturated rings. The predicted octanol–water partition coefficient (Wildman–Crippen LogP) is 5.71. The molecule has 1 aliphatic carbocycles. The van der Waals surface area contributed by atoms with Crippen LogP contribution in [0.4, 0.5) is 0 Å². The number of allylic oxidation sites excluding steroid dienone is 3. The highest BCUT2D eigenvalue weighted by molar-refractivity contribution is 6.30. The van der Waals surface area contributed by atoms with Gasteiger partial charge in [0.25, 0.3) is 0 Å². The molecule has 0 saturated carbocycles. The third-order valence-electron chi connectivity index (χ3n) is 6.86. The van der Waals surface area contributed by atoms with E-state index in [1.165, 1.54) is 22.5 Å². The summed E-state index contributed by atoms with van der Waals surface area (Å²) in [4.78, 5) is 15.8. The lowest BCUT2D eigenvalue weighted by Crippen LogP contribution is -2.40. The quantitative estimate of drug-likeness (QED) is 0.577. The second kappa shape index (κ2) is 6.64. The standard InChI is InChI=1S/C26H24ClNO3/c1-26(2)12-21-25(22(29)13-26)19(15-3-5-17(27)6-4-15)10-20-18-11-24-23(30-14-31-24)9-16(18)7-8-28(20)21/h3-6,9-11,19H,7-8,12-14H2,1-2H3/t19-/m0/s1. The number of ketones is 1. The van der Waals surface area contributed by atoms with Gasteiger partial charge in [-0.2, -0.15) is 0 Å². The second-order valence-electron chi connectivity index (χ2n) is 9.65. The number of hydrogen-bond donors (Lipinski definition) is 0. The molecule has 6 rings (SSSR count). The number of benzene rings is 2. The molecule has 3 aliphatic heterocycles. The van der Waals surface area contributed by atoms with E-state index in [2.05, 4.69) is 37.0 Å². The molecule has 4 aliphatic rings. The van der Waals surface area contributed by atoms with Crippen molar-refractivity contribution in [3.63, 3.8) is 0 Å². The Morgan fingerprint density at radius 1 is 1.06 bits per heavy atom. The van der Waals surface area contributed by atoms with Gasteiger partial charge >= 0.3 is 0 Å². The van der Waals surface area contributed by atoms with Gasteiger partial charge in [-0.1, -0.05) is 37.6 Å². The van der Waals surface area contributed by atoms with Crippen LogP contribution in [0.15, 0.2) is 53.7 Å². The molecule has 158 valence electrons. The number of nitrogens with zero attached hydrogens (tertiary/aromatic N) is 1. The van der Waals surface area contributed by atoms with Gasteiger partial charge in [-0.25, -0.2) is 0 Å². The Balaban J connectivity index is 1.55. The van der Waals surface area contributed by atoms with Crippen molar-refractivity contribution in [3.05, 3.63) is 75.5 Å². The van der Waals surface area contributed by atoms with Crippen molar-refractivity contribution in [2.24, 2.45) is 5.41 Å². The van der Waals surface area contributed by atoms with Crippen LogP contribution in [0.2, 0.25) is 5.02 Å². The Bertz CT molecular complexity index is 1180. The van der Waals surface area contributed by atoms with E-state index in [-0.39, 0.29) is 23.9 Å². The van der Waals surface area contributed by atoms with E-state index >= 15 is 0 Å². The van der Waals surface area contributed by atoms with Crippen LogP contribution in [0.1, 0.15) is 49.3 Å². The van der Waals surface area contributed by atoms with Crippen LogP contribution >= 0.6 is 11.6 Å². The minimum Gasteiger partial charge on any atom is -0.454 e. The zero-order chi connectivity index (χ0) is 21.3. The maximum Gasteiger partial charge on any atom is 0.231 e. The summed E-state index contributed by atoms with van der Waals surface area (Å²) < 4.78 is 11.3. The number of ether oxygens (including phenoxy) is 2. The molecule has 31 heavy (non-hydrogen) atoms. The summed E-state index contributed by atoms with van der Waals surface area (Å²) in [5.74, 6) is 1.81. The van der Waals surface area contributed by atoms with Crippen LogP contribution in [-0.4, -0.2) is 24.0 Å². The van der Waals surface area contributed by atoms with E-state index in [0.717, 1.165) is 42.0 Å². The first-order chi connectivity index (χ1) is 14.9. The first kappa shape index (κ1) is 19.0. The fourth-order valence-electron chi connectivity index (χ4n) is 5.46. The molecular formula is C26H24ClNO3. The van der Waals surface area contributed by atoms with Crippen LogP contribution < -0.4 is 9.47 Å². The average Bonchev–Trinajstić information content (AvgIpc) is 3.18. The van der Waals surface area contributed by atoms with Gasteiger partial charge in [0, 0.05) is 46.4 Å². The summed E-state index contributed by atoms with van der Waals surface area (Å²) in [7, 11) is 0. The first-order valence-electron chi connectivity index (χ1n) is 10.8. The SMILES string of the molecule is CC1(C)CC(=O)C2=C(C1)N1CCc3cc4c(cc3C1=C[C@H]2c1ccc(Cl)cc1)OCO4. The largest absolute Gasteiger partial charge is 0.454 e. The number of rotatable bonds is 1. The lowest BCUT2D eigenvalue weighted by atomic mass is 9.69. The maximum atomic E-state index is 13.4. The number of fused-ring (bicyclic) bond motifs is 5. The van der Waals surface area contributed by atoms with E-state index in [1.54, 1.807) is 0 Å². The Hall–Kier alpha value is -2.72. The van der Waals surface area contributed by atoms with E-state index < -0.39 is 0 Å². The van der Waals surface area contributed by atoms with Gasteiger partial charge in [0.2, 0.25) is 6.79 Å². The summed E-state index contributed by atoms with van der Waals surface area (Å²) in [6.45, 7) is 5.53. The molecule has 0 saturated heterocycles. The van der Waals surface area contributed by atoms with Gasteiger partial charge in [-0.05, 0) is 59.7 Å². The smallest absolute Gasteiger partial charge is 0.231 e. The maximum absolute atomic E-state index is 13.4. The zero-order valence-corrected chi connectivity index (χ0v) is 18.5. The number of carbonyl (C=O) groups excluding carboxylic acids is 1. The van der Waals surface area contributed by atoms with Crippen molar-refractivity contribution >= 4 is 23.1 Å². The second-order valence-corrected chi connectivity index (χ2v) is 10.1. The number of hydrogen-bond acceptors (Lipinski definition) is 4. The van der Waals surface area contributed by atoms with Crippen molar-refractivity contribution < 1.29 is 14.3 Å². The fourth-order valence-corrected chi connectivity index (χ4v) is 5.58. The molecule has 4 nitrogen and oxygen atoms in total. The van der Waals surface area contributed by atoms with E-state index in [4.69, 9.17) is 21.1 Å². The highest BCUT2D eigenvalue weighted by Crippen LogP contribution is 2.51. The predicted molar refractivity (Wildman–Crippen MR) is 120 cm³/mol. The van der Waals surface area contributed by atoms with Gasteiger partial charge < -0.3 is 14.4 Å². The van der Waals surface area contributed by atoms with Crippen molar-refractivity contribution in [2.45, 2.75) is 39.0 Å². The average molecular weight is 434 g/mol. The van der Waals surface area contributed by atoms with Gasteiger partial charge in [-0.15, -0.1) is 0 Å². The topological polar surface area (TPSA) is 38.8 Å². The molecule has 2 aromatic carbocycles. The number of halogens is 1. The van der Waals surface area contributed by atoms with Crippen LogP contribution in [-0.2, 0) is 11.2 Å². The summed E-state index contributed by atoms with van der Waals surface area (Å²) >= 11 is 6.16. The lowest BCUT2D eigenvalue weighted by Gasteiger charge is -2.46. The van der Waals surface area contributed by atoms with E-state index in [1.807, 2.05) is 24.3 Å². The Labute approximate surface area is 187 Å². The zero-order valence-electron chi connectivity index (χ0n) is 17.7. The molecule has 0 amide bonds. The molecular weight excluding hydrogens is 410 g/mol. The number of carbonyl (C=O) groups is 1. The molecule has 3 heterocycles. The molecule has 5 heteroatoms. The van der Waals surface area contributed by atoms with Crippen LogP contribution in [0.5, 0.6) is 11.5 Å². The molecule has 0 N–H and O–H groups in total. The normalized spacial score (nSPS) is 23.2. The van der Waals surface area contributed by atoms with E-state index in [0.29, 0.717) is 11.4 Å². The summed E-state index contributed by atoms with van der Waals surface area (Å²) in [6, 6.07) is 12.1. The Kier molecular flexibility index (Phi) is 4.07. The molecule has 0 bridgehead atoms. The third-order valence-corrected chi connectivity index (χ3v) is 7.11. The third kappa shape index (κ3) is 3.00. The van der Waals surface area contributed by atoms with E-state index in [9.17, 15) is 4.79 Å². The van der Waals surface area contributed by atoms with Crippen molar-refractivity contribution in [1.82, 2.24) is 4.90 Å². The molecule has 0 aromatic heterocycles. The highest BCUT2D eigenvalue weighted by atomic mass is 35.5. The Morgan fingerprint density at radius 3 is 2.58 bits per heavy atom. The highest BCUT2D eigenvalue weighted by Gasteiger charge is 2.42. The monoisotopic (exact) mass is 433 g/mol. The first-order valence-corrected chi connectivity index (χ1v) is 11.2. The molecule has 0 radical (unpaired) electrons. The fraction of sp³-hybridized carbons (Fsp3) is 0.346. The van der Waals surface area contributed by atoms with Gasteiger partial charge in [0.15, 0.2) is 17.3 Å². The minimum absolute atomic E-state index is 0.0436. The molecule has 0 spiro atoms. The lowest BCUT2D eigenvalue weighted by molar-refractivity contribution is -0.118. The van der Waals surface area contributed by atoms with Crippen molar-refractivity contribution in [1.29, 1.82) is 0 Å². The molecule has 1 atom stereocenters. The summed E-state index contributed by atoms with van der Waals surface area (Å²) in [5, 5.41) is 0.704. The molecule has 2 aromatic rings. The summed E-state index contributed by atoms with van der Waals surface area (Å²) in [5.41, 5.74) is 6.81. The van der Waals surface area contributed by atoms with Gasteiger partial charge in [0.05, 0.1) is 0 Å². The van der Waals surface area contributed by atoms with Crippen LogP contribution in [0.25, 0.3) is 5.70 Å². The van der Waals surface area contributed by atoms with Crippen molar-refractivity contribution in [3.8, 4) is 11.5 Å². The van der Waals surface area contributed by atoms with Crippen molar-refractivity contribution in [2.75, 3.05) is 13.3 Å². The van der Waals surface area contributed by atoms with Gasteiger partial charge in [0.1, 0.15) is 0 Å². The minimum atomic E-state index is -0.0708. The Morgan fingerprint density at radius 2 is 1.81 bits per heavy atom.